The molecule has 0 radical (unpaired) electrons. The molecule has 1 aromatic carbocycles. The minimum atomic E-state index is -0.184. The van der Waals surface area contributed by atoms with Crippen molar-refractivity contribution < 1.29 is 4.74 Å². The lowest BCUT2D eigenvalue weighted by Gasteiger charge is -2.13. The monoisotopic (exact) mass is 292 g/mol. The topological polar surface area (TPSA) is 73.9 Å². The van der Waals surface area contributed by atoms with Gasteiger partial charge in [-0.05, 0) is 17.7 Å². The van der Waals surface area contributed by atoms with Crippen LogP contribution in [0.3, 0.4) is 0 Å². The smallest absolute Gasteiger partial charge is 0.178 e. The van der Waals surface area contributed by atoms with Crippen LogP contribution in [0, 0.1) is 0 Å². The molecule has 0 amide bonds. The summed E-state index contributed by atoms with van der Waals surface area (Å²) < 4.78 is 5.64. The molecule has 0 fully saturated rings. The van der Waals surface area contributed by atoms with E-state index in [-0.39, 0.29) is 6.04 Å². The van der Waals surface area contributed by atoms with Gasteiger partial charge in [0.1, 0.15) is 12.3 Å². The van der Waals surface area contributed by atoms with Crippen LogP contribution in [0.5, 0.6) is 5.75 Å². The van der Waals surface area contributed by atoms with Crippen molar-refractivity contribution in [3.8, 4) is 17.3 Å². The zero-order valence-corrected chi connectivity index (χ0v) is 12.0. The number of nitrogens with zero attached hydrogens (tertiary/aromatic N) is 3. The van der Waals surface area contributed by atoms with Crippen LogP contribution in [0.4, 0.5) is 0 Å². The van der Waals surface area contributed by atoms with E-state index in [0.29, 0.717) is 18.2 Å². The Morgan fingerprint density at radius 3 is 2.32 bits per heavy atom. The molecule has 0 saturated carbocycles. The summed E-state index contributed by atoms with van der Waals surface area (Å²) in [4.78, 5) is 12.7. The summed E-state index contributed by atoms with van der Waals surface area (Å²) in [6.45, 7) is 0.371. The second-order valence-corrected chi connectivity index (χ2v) is 4.79. The molecule has 0 spiro atoms. The molecule has 0 aliphatic carbocycles. The molecule has 0 aliphatic rings. The van der Waals surface area contributed by atoms with E-state index in [0.717, 1.165) is 11.3 Å². The van der Waals surface area contributed by atoms with Crippen molar-refractivity contribution in [2.75, 3.05) is 6.61 Å². The van der Waals surface area contributed by atoms with Crippen molar-refractivity contribution in [1.82, 2.24) is 15.0 Å². The molecule has 3 aromatic rings. The summed E-state index contributed by atoms with van der Waals surface area (Å²) >= 11 is 0. The molecule has 2 aromatic heterocycles. The minimum absolute atomic E-state index is 0.184. The molecule has 2 heterocycles. The fourth-order valence-electron chi connectivity index (χ4n) is 2.00. The van der Waals surface area contributed by atoms with Gasteiger partial charge in [-0.25, -0.2) is 9.97 Å². The summed E-state index contributed by atoms with van der Waals surface area (Å²) in [6, 6.07) is 15.3. The predicted molar refractivity (Wildman–Crippen MR) is 84.1 cm³/mol. The van der Waals surface area contributed by atoms with Crippen LogP contribution in [-0.2, 0) is 0 Å². The summed E-state index contributed by atoms with van der Waals surface area (Å²) in [6.07, 6.45) is 4.98. The number of nitrogens with two attached hydrogens (primary N) is 1. The van der Waals surface area contributed by atoms with Crippen LogP contribution in [0.15, 0.2) is 67.1 Å². The molecule has 3 rings (SSSR count). The lowest BCUT2D eigenvalue weighted by Crippen LogP contribution is -2.19. The highest BCUT2D eigenvalue weighted by Gasteiger charge is 2.07. The molecule has 5 heteroatoms. The molecule has 1 atom stereocenters. The summed E-state index contributed by atoms with van der Waals surface area (Å²) in [5.41, 5.74) is 7.86. The normalized spacial score (nSPS) is 11.9. The van der Waals surface area contributed by atoms with Gasteiger partial charge >= 0.3 is 0 Å². The second kappa shape index (κ2) is 6.78. The zero-order chi connectivity index (χ0) is 15.2. The summed E-state index contributed by atoms with van der Waals surface area (Å²) in [5, 5.41) is 0. The first-order valence-corrected chi connectivity index (χ1v) is 7.00. The van der Waals surface area contributed by atoms with Gasteiger partial charge in [0.2, 0.25) is 0 Å². The fraction of sp³-hybridized carbons (Fsp3) is 0.118. The highest BCUT2D eigenvalue weighted by molar-refractivity contribution is 5.48. The van der Waals surface area contributed by atoms with Crippen LogP contribution in [0.25, 0.3) is 11.5 Å². The van der Waals surface area contributed by atoms with Gasteiger partial charge in [0, 0.05) is 6.20 Å². The van der Waals surface area contributed by atoms with Crippen molar-refractivity contribution in [1.29, 1.82) is 0 Å². The SMILES string of the molecule is N[C@H](COc1cnc(-c2ccccn2)nc1)c1ccccc1. The number of rotatable bonds is 5. The number of pyridine rings is 1. The Hall–Kier alpha value is -2.79. The predicted octanol–water partition coefficient (Wildman–Crippen LogP) is 2.62. The number of aromatic nitrogens is 3. The van der Waals surface area contributed by atoms with Crippen LogP contribution in [0.2, 0.25) is 0 Å². The largest absolute Gasteiger partial charge is 0.488 e. The van der Waals surface area contributed by atoms with Crippen LogP contribution in [0.1, 0.15) is 11.6 Å². The molecule has 110 valence electrons. The first-order chi connectivity index (χ1) is 10.8. The van der Waals surface area contributed by atoms with E-state index in [1.54, 1.807) is 18.6 Å². The van der Waals surface area contributed by atoms with Crippen LogP contribution < -0.4 is 10.5 Å². The highest BCUT2D eigenvalue weighted by Crippen LogP contribution is 2.16. The van der Waals surface area contributed by atoms with E-state index < -0.39 is 0 Å². The van der Waals surface area contributed by atoms with E-state index in [9.17, 15) is 0 Å². The zero-order valence-electron chi connectivity index (χ0n) is 12.0. The third kappa shape index (κ3) is 3.45. The number of hydrogen-bond acceptors (Lipinski definition) is 5. The average molecular weight is 292 g/mol. The van der Waals surface area contributed by atoms with E-state index in [4.69, 9.17) is 10.5 Å². The summed E-state index contributed by atoms with van der Waals surface area (Å²) in [5.74, 6) is 1.16. The van der Waals surface area contributed by atoms with Gasteiger partial charge in [0.05, 0.1) is 18.4 Å². The number of benzene rings is 1. The van der Waals surface area contributed by atoms with Gasteiger partial charge in [-0.1, -0.05) is 36.4 Å². The van der Waals surface area contributed by atoms with Crippen molar-refractivity contribution >= 4 is 0 Å². The van der Waals surface area contributed by atoms with Crippen LogP contribution >= 0.6 is 0 Å². The highest BCUT2D eigenvalue weighted by atomic mass is 16.5. The third-order valence-corrected chi connectivity index (χ3v) is 3.18. The Bertz CT molecular complexity index is 702. The van der Waals surface area contributed by atoms with Crippen molar-refractivity contribution in [2.24, 2.45) is 5.73 Å². The maximum absolute atomic E-state index is 6.09. The molecule has 5 nitrogen and oxygen atoms in total. The van der Waals surface area contributed by atoms with Gasteiger partial charge in [-0.3, -0.25) is 4.98 Å². The van der Waals surface area contributed by atoms with E-state index in [1.165, 1.54) is 0 Å². The molecule has 0 bridgehead atoms. The van der Waals surface area contributed by atoms with Gasteiger partial charge in [0.15, 0.2) is 11.6 Å². The molecule has 22 heavy (non-hydrogen) atoms. The quantitative estimate of drug-likeness (QED) is 0.782. The van der Waals surface area contributed by atoms with E-state index >= 15 is 0 Å². The first kappa shape index (κ1) is 14.2. The first-order valence-electron chi connectivity index (χ1n) is 7.00. The molecule has 2 N–H and O–H groups in total. The van der Waals surface area contributed by atoms with Crippen molar-refractivity contribution in [3.05, 3.63) is 72.7 Å². The Kier molecular flexibility index (Phi) is 4.36. The molecular formula is C17H16N4O. The molecule has 0 unspecified atom stereocenters. The number of hydrogen-bond donors (Lipinski definition) is 1. The number of ether oxygens (including phenoxy) is 1. The Labute approximate surface area is 128 Å². The van der Waals surface area contributed by atoms with Gasteiger partial charge in [-0.2, -0.15) is 0 Å². The maximum atomic E-state index is 6.09. The molecular weight excluding hydrogens is 276 g/mol. The Balaban J connectivity index is 1.62. The standard InChI is InChI=1S/C17H16N4O/c18-15(13-6-2-1-3-7-13)12-22-14-10-20-17(21-11-14)16-8-4-5-9-19-16/h1-11,15H,12,18H2/t15-/m1/s1. The second-order valence-electron chi connectivity index (χ2n) is 4.79. The van der Waals surface area contributed by atoms with Gasteiger partial charge in [-0.15, -0.1) is 0 Å². The van der Waals surface area contributed by atoms with E-state index in [2.05, 4.69) is 15.0 Å². The summed E-state index contributed by atoms with van der Waals surface area (Å²) in [7, 11) is 0. The van der Waals surface area contributed by atoms with E-state index in [1.807, 2.05) is 48.5 Å². The average Bonchev–Trinajstić information content (AvgIpc) is 2.61. The van der Waals surface area contributed by atoms with Crippen molar-refractivity contribution in [3.63, 3.8) is 0 Å². The van der Waals surface area contributed by atoms with Gasteiger partial charge < -0.3 is 10.5 Å². The van der Waals surface area contributed by atoms with Crippen molar-refractivity contribution in [2.45, 2.75) is 6.04 Å². The Morgan fingerprint density at radius 2 is 1.64 bits per heavy atom. The maximum Gasteiger partial charge on any atom is 0.178 e. The van der Waals surface area contributed by atoms with Crippen LogP contribution in [-0.4, -0.2) is 21.6 Å². The third-order valence-electron chi connectivity index (χ3n) is 3.18. The molecule has 0 aliphatic heterocycles. The lowest BCUT2D eigenvalue weighted by atomic mass is 10.1. The Morgan fingerprint density at radius 1 is 0.909 bits per heavy atom. The molecule has 0 saturated heterocycles. The lowest BCUT2D eigenvalue weighted by molar-refractivity contribution is 0.288. The fourth-order valence-corrected chi connectivity index (χ4v) is 2.00. The van der Waals surface area contributed by atoms with Gasteiger partial charge in [0.25, 0.3) is 0 Å². The minimum Gasteiger partial charge on any atom is -0.488 e.